The molecule has 0 spiro atoms. The van der Waals surface area contributed by atoms with Gasteiger partial charge in [0.1, 0.15) is 11.5 Å². The number of fused-ring (bicyclic) bond motifs is 1. The number of phenols is 1. The molecular formula is C14H18N2O3. The number of piperazine rings is 1. The summed E-state index contributed by atoms with van der Waals surface area (Å²) in [5.41, 5.74) is 1.33. The van der Waals surface area contributed by atoms with Crippen LogP contribution in [-0.2, 0) is 0 Å². The van der Waals surface area contributed by atoms with E-state index in [4.69, 9.17) is 4.74 Å². The number of ether oxygens (including phenoxy) is 1. The summed E-state index contributed by atoms with van der Waals surface area (Å²) < 4.78 is 5.48. The van der Waals surface area contributed by atoms with E-state index in [1.54, 1.807) is 12.1 Å². The Kier molecular flexibility index (Phi) is 3.16. The van der Waals surface area contributed by atoms with Crippen molar-refractivity contribution in [2.24, 2.45) is 0 Å². The van der Waals surface area contributed by atoms with Crippen LogP contribution in [0.15, 0.2) is 12.1 Å². The number of phenolic OH excluding ortho intramolecular Hbond substituents is 1. The summed E-state index contributed by atoms with van der Waals surface area (Å²) in [6.07, 6.45) is 0. The number of aromatic hydroxyl groups is 1. The number of hydrogen-bond donors (Lipinski definition) is 2. The maximum absolute atomic E-state index is 11.7. The van der Waals surface area contributed by atoms with Crippen molar-refractivity contribution in [1.82, 2.24) is 10.2 Å². The van der Waals surface area contributed by atoms with E-state index >= 15 is 0 Å². The van der Waals surface area contributed by atoms with E-state index in [0.717, 1.165) is 31.7 Å². The van der Waals surface area contributed by atoms with Gasteiger partial charge in [-0.3, -0.25) is 9.69 Å². The molecule has 1 atom stereocenters. The van der Waals surface area contributed by atoms with Gasteiger partial charge in [-0.15, -0.1) is 0 Å². The zero-order valence-electron chi connectivity index (χ0n) is 11.0. The Morgan fingerprint density at radius 1 is 1.37 bits per heavy atom. The second kappa shape index (κ2) is 4.83. The minimum Gasteiger partial charge on any atom is -0.507 e. The Hall–Kier alpha value is -1.59. The van der Waals surface area contributed by atoms with Crippen LogP contribution in [0.25, 0.3) is 0 Å². The molecule has 1 saturated heterocycles. The number of benzene rings is 1. The van der Waals surface area contributed by atoms with Gasteiger partial charge in [0.05, 0.1) is 11.1 Å². The largest absolute Gasteiger partial charge is 0.507 e. The van der Waals surface area contributed by atoms with Crippen molar-refractivity contribution in [1.29, 1.82) is 0 Å². The van der Waals surface area contributed by atoms with Gasteiger partial charge in [0.2, 0.25) is 5.78 Å². The summed E-state index contributed by atoms with van der Waals surface area (Å²) in [7, 11) is 0. The van der Waals surface area contributed by atoms with Crippen LogP contribution in [-0.4, -0.2) is 48.6 Å². The fourth-order valence-electron chi connectivity index (χ4n) is 2.84. The summed E-state index contributed by atoms with van der Waals surface area (Å²) >= 11 is 0. The van der Waals surface area contributed by atoms with Crippen LogP contribution < -0.4 is 10.1 Å². The van der Waals surface area contributed by atoms with Crippen molar-refractivity contribution >= 4 is 5.78 Å². The van der Waals surface area contributed by atoms with Gasteiger partial charge in [-0.25, -0.2) is 0 Å². The van der Waals surface area contributed by atoms with E-state index in [1.807, 2.05) is 6.92 Å². The van der Waals surface area contributed by atoms with E-state index in [-0.39, 0.29) is 24.2 Å². The molecule has 5 heteroatoms. The average Bonchev–Trinajstić information content (AvgIpc) is 2.80. The van der Waals surface area contributed by atoms with Crippen LogP contribution in [0.3, 0.4) is 0 Å². The molecule has 19 heavy (non-hydrogen) atoms. The summed E-state index contributed by atoms with van der Waals surface area (Å²) in [6.45, 7) is 5.88. The first-order chi connectivity index (χ1) is 9.18. The van der Waals surface area contributed by atoms with E-state index in [9.17, 15) is 9.90 Å². The lowest BCUT2D eigenvalue weighted by molar-refractivity contribution is 0.0960. The summed E-state index contributed by atoms with van der Waals surface area (Å²) in [4.78, 5) is 14.0. The van der Waals surface area contributed by atoms with Gasteiger partial charge in [-0.2, -0.15) is 0 Å². The number of carbonyl (C=O) groups is 1. The van der Waals surface area contributed by atoms with Crippen molar-refractivity contribution in [3.05, 3.63) is 23.3 Å². The normalized spacial score (nSPS) is 21.0. The molecule has 1 aromatic carbocycles. The molecule has 2 aliphatic rings. The number of ketones is 1. The Morgan fingerprint density at radius 3 is 2.84 bits per heavy atom. The molecule has 1 aromatic rings. The molecule has 2 N–H and O–H groups in total. The number of hydrogen-bond acceptors (Lipinski definition) is 5. The number of rotatable bonds is 2. The molecule has 1 fully saturated rings. The minimum atomic E-state index is -0.0104. The summed E-state index contributed by atoms with van der Waals surface area (Å²) in [5, 5.41) is 13.4. The van der Waals surface area contributed by atoms with Gasteiger partial charge in [0, 0.05) is 32.2 Å². The number of nitrogens with zero attached hydrogens (tertiary/aromatic N) is 1. The minimum absolute atomic E-state index is 0.0104. The molecule has 0 bridgehead atoms. The predicted octanol–water partition coefficient (Wildman–Crippen LogP) is 0.933. The van der Waals surface area contributed by atoms with Crippen LogP contribution in [0.2, 0.25) is 0 Å². The van der Waals surface area contributed by atoms with E-state index < -0.39 is 0 Å². The van der Waals surface area contributed by atoms with Crippen molar-refractivity contribution in [3.8, 4) is 11.5 Å². The molecule has 102 valence electrons. The van der Waals surface area contributed by atoms with E-state index in [1.165, 1.54) is 0 Å². The third-order valence-corrected chi connectivity index (χ3v) is 3.94. The molecule has 0 radical (unpaired) electrons. The molecule has 0 amide bonds. The second-order valence-electron chi connectivity index (χ2n) is 5.05. The molecule has 0 aromatic heterocycles. The maximum atomic E-state index is 11.7. The van der Waals surface area contributed by atoms with Gasteiger partial charge in [-0.05, 0) is 19.1 Å². The van der Waals surface area contributed by atoms with Gasteiger partial charge in [0.25, 0.3) is 0 Å². The Labute approximate surface area is 112 Å². The topological polar surface area (TPSA) is 61.8 Å². The number of Topliss-reactive ketones (excluding diaryl/α,β-unsaturated/α-hetero) is 1. The molecule has 0 saturated carbocycles. The van der Waals surface area contributed by atoms with Crippen LogP contribution in [0, 0.1) is 0 Å². The Balaban J connectivity index is 1.97. The third-order valence-electron chi connectivity index (χ3n) is 3.94. The predicted molar refractivity (Wildman–Crippen MR) is 70.8 cm³/mol. The van der Waals surface area contributed by atoms with Crippen LogP contribution >= 0.6 is 0 Å². The first-order valence-corrected chi connectivity index (χ1v) is 6.65. The highest BCUT2D eigenvalue weighted by Crippen LogP contribution is 2.41. The Morgan fingerprint density at radius 2 is 2.11 bits per heavy atom. The molecule has 0 unspecified atom stereocenters. The standard InChI is InChI=1S/C14H18N2O3/c1-9(16-6-4-15-5-7-16)13-11(17)3-2-10-12(18)8-19-14(10)13/h2-3,9,15,17H,4-8H2,1H3/t9-/m0/s1. The van der Waals surface area contributed by atoms with Gasteiger partial charge < -0.3 is 15.2 Å². The molecule has 2 heterocycles. The van der Waals surface area contributed by atoms with Gasteiger partial charge in [-0.1, -0.05) is 0 Å². The SMILES string of the molecule is C[C@@H](c1c(O)ccc2c1OCC2=O)N1CCNCC1. The van der Waals surface area contributed by atoms with Crippen molar-refractivity contribution in [3.63, 3.8) is 0 Å². The zero-order chi connectivity index (χ0) is 13.4. The monoisotopic (exact) mass is 262 g/mol. The summed E-state index contributed by atoms with van der Waals surface area (Å²) in [5.74, 6) is 0.763. The lowest BCUT2D eigenvalue weighted by atomic mass is 9.99. The molecular weight excluding hydrogens is 244 g/mol. The number of carbonyl (C=O) groups excluding carboxylic acids is 1. The molecule has 5 nitrogen and oxygen atoms in total. The second-order valence-corrected chi connectivity index (χ2v) is 5.05. The van der Waals surface area contributed by atoms with Crippen molar-refractivity contribution < 1.29 is 14.6 Å². The van der Waals surface area contributed by atoms with E-state index in [2.05, 4.69) is 10.2 Å². The fraction of sp³-hybridized carbons (Fsp3) is 0.500. The molecule has 3 rings (SSSR count). The van der Waals surface area contributed by atoms with E-state index in [0.29, 0.717) is 11.3 Å². The third kappa shape index (κ3) is 2.09. The summed E-state index contributed by atoms with van der Waals surface area (Å²) in [6, 6.07) is 3.29. The first kappa shape index (κ1) is 12.4. The quantitative estimate of drug-likeness (QED) is 0.830. The Bertz CT molecular complexity index is 510. The molecule has 0 aliphatic carbocycles. The van der Waals surface area contributed by atoms with Crippen molar-refractivity contribution in [2.45, 2.75) is 13.0 Å². The van der Waals surface area contributed by atoms with Gasteiger partial charge in [0.15, 0.2) is 6.61 Å². The van der Waals surface area contributed by atoms with Crippen LogP contribution in [0.1, 0.15) is 28.9 Å². The van der Waals surface area contributed by atoms with Crippen LogP contribution in [0.5, 0.6) is 11.5 Å². The zero-order valence-corrected chi connectivity index (χ0v) is 11.0. The smallest absolute Gasteiger partial charge is 0.203 e. The maximum Gasteiger partial charge on any atom is 0.203 e. The lowest BCUT2D eigenvalue weighted by Crippen LogP contribution is -2.44. The van der Waals surface area contributed by atoms with Crippen molar-refractivity contribution in [2.75, 3.05) is 32.8 Å². The number of nitrogens with one attached hydrogen (secondary N) is 1. The van der Waals surface area contributed by atoms with Gasteiger partial charge >= 0.3 is 0 Å². The fourth-order valence-corrected chi connectivity index (χ4v) is 2.84. The first-order valence-electron chi connectivity index (χ1n) is 6.65. The highest BCUT2D eigenvalue weighted by Gasteiger charge is 2.31. The highest BCUT2D eigenvalue weighted by molar-refractivity contribution is 6.03. The average molecular weight is 262 g/mol. The lowest BCUT2D eigenvalue weighted by Gasteiger charge is -2.33. The molecule has 2 aliphatic heterocycles. The van der Waals surface area contributed by atoms with Crippen LogP contribution in [0.4, 0.5) is 0 Å². The highest BCUT2D eigenvalue weighted by atomic mass is 16.5.